The third-order valence-electron chi connectivity index (χ3n) is 2.78. The predicted molar refractivity (Wildman–Crippen MR) is 70.6 cm³/mol. The number of hydrogen-bond acceptors (Lipinski definition) is 3. The molecule has 8 heteroatoms. The van der Waals surface area contributed by atoms with Gasteiger partial charge in [0.15, 0.2) is 6.29 Å². The fourth-order valence-corrected chi connectivity index (χ4v) is 1.93. The van der Waals surface area contributed by atoms with Crippen molar-refractivity contribution in [1.29, 1.82) is 0 Å². The van der Waals surface area contributed by atoms with E-state index in [-0.39, 0.29) is 28.7 Å². The van der Waals surface area contributed by atoms with E-state index < -0.39 is 18.7 Å². The molecule has 0 fully saturated rings. The van der Waals surface area contributed by atoms with Gasteiger partial charge in [0.2, 0.25) is 0 Å². The Morgan fingerprint density at radius 2 is 1.70 bits per heavy atom. The molecule has 122 valence electrons. The zero-order valence-electron chi connectivity index (χ0n) is 11.3. The summed E-state index contributed by atoms with van der Waals surface area (Å²) in [5.74, 6) is -0.840. The smallest absolute Gasteiger partial charge is 0.434 e. The van der Waals surface area contributed by atoms with Crippen molar-refractivity contribution in [3.8, 4) is 22.6 Å². The molecule has 2 aromatic carbocycles. The second-order valence-corrected chi connectivity index (χ2v) is 4.29. The minimum atomic E-state index is -4.89. The molecule has 0 aromatic heterocycles. The highest BCUT2D eigenvalue weighted by Gasteiger charge is 2.32. The van der Waals surface area contributed by atoms with Crippen LogP contribution in [0.15, 0.2) is 42.5 Å². The van der Waals surface area contributed by atoms with Crippen LogP contribution in [0.4, 0.5) is 22.0 Å². The van der Waals surface area contributed by atoms with Crippen molar-refractivity contribution in [2.24, 2.45) is 0 Å². The zero-order chi connectivity index (χ0) is 17.0. The molecule has 3 nitrogen and oxygen atoms in total. The lowest BCUT2D eigenvalue weighted by molar-refractivity contribution is -0.274. The summed E-state index contributed by atoms with van der Waals surface area (Å²) in [5, 5.41) is 0. The molecule has 0 bridgehead atoms. The lowest BCUT2D eigenvalue weighted by Crippen LogP contribution is -2.17. The second kappa shape index (κ2) is 6.64. The first-order chi connectivity index (χ1) is 10.8. The molecule has 0 amide bonds. The molecule has 0 saturated carbocycles. The van der Waals surface area contributed by atoms with Crippen LogP contribution in [0.1, 0.15) is 10.4 Å². The number of rotatable bonds is 5. The molecule has 0 unspecified atom stereocenters. The Bertz CT molecular complexity index is 698. The third-order valence-corrected chi connectivity index (χ3v) is 2.78. The summed E-state index contributed by atoms with van der Waals surface area (Å²) >= 11 is 0. The van der Waals surface area contributed by atoms with Gasteiger partial charge in [-0.15, -0.1) is 13.2 Å². The molecule has 2 aromatic rings. The summed E-state index contributed by atoms with van der Waals surface area (Å²) in [5.41, 5.74) is 0.0229. The Balaban J connectivity index is 2.45. The molecule has 0 aliphatic rings. The molecular weight excluding hydrogens is 323 g/mol. The van der Waals surface area contributed by atoms with Crippen molar-refractivity contribution in [3.05, 3.63) is 48.0 Å². The molecule has 0 N–H and O–H groups in total. The Hall–Kier alpha value is -2.64. The standard InChI is InChI=1S/C15H9F5O3/c16-14(17)22-12-6-5-9(7-10(12)8-21)11-3-1-2-4-13(11)23-15(18,19)20/h1-8,14H. The highest BCUT2D eigenvalue weighted by Crippen LogP contribution is 2.35. The fourth-order valence-electron chi connectivity index (χ4n) is 1.93. The second-order valence-electron chi connectivity index (χ2n) is 4.29. The normalized spacial score (nSPS) is 11.4. The van der Waals surface area contributed by atoms with Crippen molar-refractivity contribution < 1.29 is 36.2 Å². The first-order valence-electron chi connectivity index (χ1n) is 6.19. The molecule has 0 saturated heterocycles. The predicted octanol–water partition coefficient (Wildman–Crippen LogP) is 4.67. The van der Waals surface area contributed by atoms with Gasteiger partial charge in [-0.1, -0.05) is 24.3 Å². The van der Waals surface area contributed by atoms with Crippen LogP contribution in [-0.4, -0.2) is 19.3 Å². The van der Waals surface area contributed by atoms with Crippen molar-refractivity contribution in [3.63, 3.8) is 0 Å². The maximum atomic E-state index is 12.4. The van der Waals surface area contributed by atoms with E-state index in [0.717, 1.165) is 18.2 Å². The van der Waals surface area contributed by atoms with Gasteiger partial charge in [-0.25, -0.2) is 0 Å². The molecule has 0 aliphatic heterocycles. The van der Waals surface area contributed by atoms with Crippen LogP contribution in [0.25, 0.3) is 11.1 Å². The van der Waals surface area contributed by atoms with Gasteiger partial charge in [0.1, 0.15) is 11.5 Å². The zero-order valence-corrected chi connectivity index (χ0v) is 11.3. The van der Waals surface area contributed by atoms with Gasteiger partial charge in [0, 0.05) is 5.56 Å². The number of aldehydes is 1. The number of carbonyl (C=O) groups is 1. The number of hydrogen-bond donors (Lipinski definition) is 0. The first-order valence-corrected chi connectivity index (χ1v) is 6.19. The van der Waals surface area contributed by atoms with Crippen LogP contribution >= 0.6 is 0 Å². The summed E-state index contributed by atoms with van der Waals surface area (Å²) in [6.45, 7) is -3.12. The summed E-state index contributed by atoms with van der Waals surface area (Å²) in [6, 6.07) is 8.75. The number of halogens is 5. The molecule has 0 spiro atoms. The van der Waals surface area contributed by atoms with Crippen molar-refractivity contribution in [2.75, 3.05) is 0 Å². The Morgan fingerprint density at radius 3 is 2.30 bits per heavy atom. The van der Waals surface area contributed by atoms with E-state index in [9.17, 15) is 26.7 Å². The molecule has 0 radical (unpaired) electrons. The van der Waals surface area contributed by atoms with Crippen LogP contribution in [0.2, 0.25) is 0 Å². The largest absolute Gasteiger partial charge is 0.573 e. The van der Waals surface area contributed by atoms with E-state index in [1.807, 2.05) is 0 Å². The van der Waals surface area contributed by atoms with E-state index in [1.54, 1.807) is 0 Å². The van der Waals surface area contributed by atoms with Gasteiger partial charge in [-0.05, 0) is 23.8 Å². The number of carbonyl (C=O) groups excluding carboxylic acids is 1. The average molecular weight is 332 g/mol. The van der Waals surface area contributed by atoms with Crippen LogP contribution in [0, 0.1) is 0 Å². The summed E-state index contributed by atoms with van der Waals surface area (Å²) in [7, 11) is 0. The maximum absolute atomic E-state index is 12.4. The number of alkyl halides is 5. The monoisotopic (exact) mass is 332 g/mol. The van der Waals surface area contributed by atoms with Crippen molar-refractivity contribution in [2.45, 2.75) is 13.0 Å². The SMILES string of the molecule is O=Cc1cc(-c2ccccc2OC(F)(F)F)ccc1OC(F)F. The third kappa shape index (κ3) is 4.41. The van der Waals surface area contributed by atoms with E-state index in [2.05, 4.69) is 9.47 Å². The molecule has 23 heavy (non-hydrogen) atoms. The Kier molecular flexibility index (Phi) is 4.83. The van der Waals surface area contributed by atoms with Crippen LogP contribution in [-0.2, 0) is 0 Å². The topological polar surface area (TPSA) is 35.5 Å². The van der Waals surface area contributed by atoms with E-state index in [1.165, 1.54) is 24.3 Å². The fraction of sp³-hybridized carbons (Fsp3) is 0.133. The van der Waals surface area contributed by atoms with Crippen LogP contribution in [0.5, 0.6) is 11.5 Å². The molecule has 0 atom stereocenters. The van der Waals surface area contributed by atoms with Crippen molar-refractivity contribution >= 4 is 6.29 Å². The summed E-state index contributed by atoms with van der Waals surface area (Å²) in [6.07, 6.45) is -4.61. The lowest BCUT2D eigenvalue weighted by atomic mass is 10.0. The van der Waals surface area contributed by atoms with E-state index >= 15 is 0 Å². The maximum Gasteiger partial charge on any atom is 0.573 e. The van der Waals surface area contributed by atoms with E-state index in [0.29, 0.717) is 0 Å². The van der Waals surface area contributed by atoms with Crippen molar-refractivity contribution in [1.82, 2.24) is 0 Å². The molecular formula is C15H9F5O3. The Labute approximate surface area is 127 Å². The highest BCUT2D eigenvalue weighted by molar-refractivity contribution is 5.84. The minimum Gasteiger partial charge on any atom is -0.434 e. The van der Waals surface area contributed by atoms with Gasteiger partial charge in [-0.3, -0.25) is 4.79 Å². The van der Waals surface area contributed by atoms with E-state index in [4.69, 9.17) is 0 Å². The quantitative estimate of drug-likeness (QED) is 0.590. The van der Waals surface area contributed by atoms with Gasteiger partial charge in [0.25, 0.3) is 0 Å². The summed E-state index contributed by atoms with van der Waals surface area (Å²) < 4.78 is 69.8. The lowest BCUT2D eigenvalue weighted by Gasteiger charge is -2.14. The van der Waals surface area contributed by atoms with Crippen LogP contribution < -0.4 is 9.47 Å². The number of ether oxygens (including phenoxy) is 2. The highest BCUT2D eigenvalue weighted by atomic mass is 19.4. The molecule has 0 heterocycles. The van der Waals surface area contributed by atoms with Gasteiger partial charge >= 0.3 is 13.0 Å². The molecule has 0 aliphatic carbocycles. The van der Waals surface area contributed by atoms with Gasteiger partial charge in [-0.2, -0.15) is 8.78 Å². The van der Waals surface area contributed by atoms with Crippen LogP contribution in [0.3, 0.4) is 0 Å². The minimum absolute atomic E-state index is 0.0523. The van der Waals surface area contributed by atoms with Gasteiger partial charge < -0.3 is 9.47 Å². The summed E-state index contributed by atoms with van der Waals surface area (Å²) in [4.78, 5) is 11.0. The van der Waals surface area contributed by atoms with Gasteiger partial charge in [0.05, 0.1) is 5.56 Å². The average Bonchev–Trinajstić information content (AvgIpc) is 2.46. The number of benzene rings is 2. The first kappa shape index (κ1) is 16.7. The Morgan fingerprint density at radius 1 is 1.00 bits per heavy atom. The molecule has 2 rings (SSSR count). The number of para-hydroxylation sites is 1.